The molecule has 7 heteroatoms. The summed E-state index contributed by atoms with van der Waals surface area (Å²) < 4.78 is 5.13. The molecule has 0 aliphatic carbocycles. The molecule has 0 spiro atoms. The third-order valence-corrected chi connectivity index (χ3v) is 2.51. The maximum atomic E-state index is 11.5. The normalized spacial score (nSPS) is 21.5. The molecule has 0 aromatic rings. The van der Waals surface area contributed by atoms with Crippen LogP contribution in [0.15, 0.2) is 0 Å². The molecule has 0 aromatic carbocycles. The Balaban J connectivity index is 2.31. The maximum Gasteiger partial charge on any atom is 0.334 e. The molecule has 1 fully saturated rings. The fraction of sp³-hybridized carbons (Fsp3) is 0.778. The van der Waals surface area contributed by atoms with Crippen LogP contribution in [0.25, 0.3) is 0 Å². The summed E-state index contributed by atoms with van der Waals surface area (Å²) in [6.07, 6.45) is -0.803. The van der Waals surface area contributed by atoms with Gasteiger partial charge >= 0.3 is 12.0 Å². The summed E-state index contributed by atoms with van der Waals surface area (Å²) in [4.78, 5) is 23.3. The summed E-state index contributed by atoms with van der Waals surface area (Å²) in [5.74, 6) is -1.35. The molecule has 0 aromatic heterocycles. The molecule has 1 heterocycles. The van der Waals surface area contributed by atoms with E-state index < -0.39 is 18.1 Å². The zero-order valence-electron chi connectivity index (χ0n) is 9.05. The van der Waals surface area contributed by atoms with E-state index >= 15 is 0 Å². The third-order valence-electron chi connectivity index (χ3n) is 2.51. The minimum absolute atomic E-state index is 0.0157. The first-order valence-corrected chi connectivity index (χ1v) is 5.01. The van der Waals surface area contributed by atoms with Crippen molar-refractivity contribution >= 4 is 12.0 Å². The highest BCUT2D eigenvalue weighted by Gasteiger charge is 2.24. The summed E-state index contributed by atoms with van der Waals surface area (Å²) in [6, 6.07) is -0.391. The summed E-state index contributed by atoms with van der Waals surface area (Å²) in [5.41, 5.74) is 0. The number of hydrogen-bond acceptors (Lipinski definition) is 4. The van der Waals surface area contributed by atoms with Gasteiger partial charge in [-0.2, -0.15) is 0 Å². The van der Waals surface area contributed by atoms with E-state index in [1.165, 1.54) is 4.90 Å². The second-order valence-corrected chi connectivity index (χ2v) is 3.67. The van der Waals surface area contributed by atoms with Gasteiger partial charge in [-0.15, -0.1) is 0 Å². The summed E-state index contributed by atoms with van der Waals surface area (Å²) in [5, 5.41) is 19.7. The second kappa shape index (κ2) is 5.66. The van der Waals surface area contributed by atoms with Gasteiger partial charge in [-0.3, -0.25) is 0 Å². The topological polar surface area (TPSA) is 99.1 Å². The fourth-order valence-corrected chi connectivity index (χ4v) is 1.39. The highest BCUT2D eigenvalue weighted by atomic mass is 16.5. The minimum atomic E-state index is -1.57. The molecule has 0 bridgehead atoms. The number of nitrogens with one attached hydrogen (secondary N) is 1. The Morgan fingerprint density at radius 1 is 1.62 bits per heavy atom. The van der Waals surface area contributed by atoms with Gasteiger partial charge in [0.2, 0.25) is 0 Å². The van der Waals surface area contributed by atoms with E-state index in [-0.39, 0.29) is 12.6 Å². The number of aliphatic carboxylic acids is 1. The summed E-state index contributed by atoms with van der Waals surface area (Å²) >= 11 is 0. The Labute approximate surface area is 93.0 Å². The number of amides is 2. The van der Waals surface area contributed by atoms with Gasteiger partial charge in [0, 0.05) is 13.7 Å². The average Bonchev–Trinajstić information content (AvgIpc) is 2.77. The number of carboxylic acid groups (broad SMARTS) is 1. The predicted octanol–water partition coefficient (Wildman–Crippen LogP) is -1.14. The smallest absolute Gasteiger partial charge is 0.334 e. The first kappa shape index (κ1) is 12.7. The minimum Gasteiger partial charge on any atom is -0.479 e. The van der Waals surface area contributed by atoms with Gasteiger partial charge in [0.15, 0.2) is 6.10 Å². The van der Waals surface area contributed by atoms with Crippen molar-refractivity contribution < 1.29 is 24.5 Å². The monoisotopic (exact) mass is 232 g/mol. The number of aliphatic hydroxyl groups is 1. The molecule has 1 aliphatic heterocycles. The van der Waals surface area contributed by atoms with Gasteiger partial charge < -0.3 is 25.2 Å². The number of carboxylic acids is 1. The van der Waals surface area contributed by atoms with E-state index in [1.807, 2.05) is 0 Å². The number of hydrogen-bond donors (Lipinski definition) is 3. The molecule has 0 saturated carbocycles. The number of nitrogens with zero attached hydrogens (tertiary/aromatic N) is 1. The van der Waals surface area contributed by atoms with Gasteiger partial charge in [0.25, 0.3) is 0 Å². The molecule has 7 nitrogen and oxygen atoms in total. The van der Waals surface area contributed by atoms with Crippen LogP contribution in [0.1, 0.15) is 6.42 Å². The van der Waals surface area contributed by atoms with Crippen LogP contribution in [0.3, 0.4) is 0 Å². The van der Waals surface area contributed by atoms with Crippen LogP contribution < -0.4 is 5.32 Å². The first-order valence-electron chi connectivity index (χ1n) is 5.01. The van der Waals surface area contributed by atoms with Crippen LogP contribution >= 0.6 is 0 Å². The van der Waals surface area contributed by atoms with Gasteiger partial charge in [0.05, 0.1) is 19.2 Å². The Morgan fingerprint density at radius 3 is 2.81 bits per heavy atom. The van der Waals surface area contributed by atoms with Crippen molar-refractivity contribution in [3.8, 4) is 0 Å². The van der Waals surface area contributed by atoms with E-state index in [4.69, 9.17) is 14.9 Å². The zero-order valence-corrected chi connectivity index (χ0v) is 9.05. The van der Waals surface area contributed by atoms with E-state index in [1.54, 1.807) is 7.05 Å². The lowest BCUT2D eigenvalue weighted by Gasteiger charge is -2.23. The Kier molecular flexibility index (Phi) is 4.51. The number of carbonyl (C=O) groups excluding carboxylic acids is 1. The highest BCUT2D eigenvalue weighted by Crippen LogP contribution is 2.10. The van der Waals surface area contributed by atoms with Crippen molar-refractivity contribution in [1.82, 2.24) is 10.2 Å². The lowest BCUT2D eigenvalue weighted by atomic mass is 10.2. The Hall–Kier alpha value is -1.34. The number of urea groups is 1. The van der Waals surface area contributed by atoms with Crippen LogP contribution in [-0.4, -0.2) is 66.1 Å². The number of ether oxygens (including phenoxy) is 1. The SMILES string of the molecule is CN(C(=O)NC[C@H](O)C(=O)O)C1CCOC1. The number of rotatable bonds is 4. The van der Waals surface area contributed by atoms with E-state index in [9.17, 15) is 9.59 Å². The molecule has 0 radical (unpaired) electrons. The number of carbonyl (C=O) groups is 2. The molecule has 2 atom stereocenters. The van der Waals surface area contributed by atoms with E-state index in [2.05, 4.69) is 5.32 Å². The van der Waals surface area contributed by atoms with Crippen LogP contribution in [0.5, 0.6) is 0 Å². The predicted molar refractivity (Wildman–Crippen MR) is 54.0 cm³/mol. The third kappa shape index (κ3) is 3.35. The van der Waals surface area contributed by atoms with E-state index in [0.29, 0.717) is 13.2 Å². The highest BCUT2D eigenvalue weighted by molar-refractivity contribution is 5.76. The molecule has 2 amide bonds. The second-order valence-electron chi connectivity index (χ2n) is 3.67. The summed E-state index contributed by atoms with van der Waals surface area (Å²) in [7, 11) is 1.61. The van der Waals surface area contributed by atoms with Crippen molar-refractivity contribution in [2.75, 3.05) is 26.8 Å². The molecule has 1 saturated heterocycles. The first-order chi connectivity index (χ1) is 7.52. The largest absolute Gasteiger partial charge is 0.479 e. The molecule has 1 aliphatic rings. The van der Waals surface area contributed by atoms with Crippen molar-refractivity contribution in [2.45, 2.75) is 18.6 Å². The van der Waals surface area contributed by atoms with Gasteiger partial charge in [-0.25, -0.2) is 9.59 Å². The standard InChI is InChI=1S/C9H16N2O5/c1-11(6-2-3-16-5-6)9(15)10-4-7(12)8(13)14/h6-7,12H,2-5H2,1H3,(H,10,15)(H,13,14)/t6?,7-/m0/s1. The molecule has 16 heavy (non-hydrogen) atoms. The van der Waals surface area contributed by atoms with Crippen molar-refractivity contribution in [1.29, 1.82) is 0 Å². The van der Waals surface area contributed by atoms with Crippen LogP contribution in [0.4, 0.5) is 4.79 Å². The van der Waals surface area contributed by atoms with Crippen molar-refractivity contribution in [3.05, 3.63) is 0 Å². The molecular formula is C9H16N2O5. The van der Waals surface area contributed by atoms with Gasteiger partial charge in [-0.05, 0) is 6.42 Å². The fourth-order valence-electron chi connectivity index (χ4n) is 1.39. The lowest BCUT2D eigenvalue weighted by Crippen LogP contribution is -2.47. The molecule has 3 N–H and O–H groups in total. The van der Waals surface area contributed by atoms with Crippen LogP contribution in [0, 0.1) is 0 Å². The molecule has 1 unspecified atom stereocenters. The lowest BCUT2D eigenvalue weighted by molar-refractivity contribution is -0.146. The number of likely N-dealkylation sites (N-methyl/N-ethyl adjacent to an activating group) is 1. The summed E-state index contributed by atoms with van der Waals surface area (Å²) in [6.45, 7) is 0.817. The van der Waals surface area contributed by atoms with Gasteiger partial charge in [-0.1, -0.05) is 0 Å². The van der Waals surface area contributed by atoms with Gasteiger partial charge in [0.1, 0.15) is 0 Å². The Bertz CT molecular complexity index is 265. The van der Waals surface area contributed by atoms with Crippen molar-refractivity contribution in [2.24, 2.45) is 0 Å². The average molecular weight is 232 g/mol. The van der Waals surface area contributed by atoms with E-state index in [0.717, 1.165) is 6.42 Å². The van der Waals surface area contributed by atoms with Crippen molar-refractivity contribution in [3.63, 3.8) is 0 Å². The molecule has 1 rings (SSSR count). The zero-order chi connectivity index (χ0) is 12.1. The number of aliphatic hydroxyl groups excluding tert-OH is 1. The quantitative estimate of drug-likeness (QED) is 0.569. The van der Waals surface area contributed by atoms with Crippen LogP contribution in [-0.2, 0) is 9.53 Å². The molecular weight excluding hydrogens is 216 g/mol. The molecule has 92 valence electrons. The Morgan fingerprint density at radius 2 is 2.31 bits per heavy atom. The maximum absolute atomic E-state index is 11.5. The van der Waals surface area contributed by atoms with Crippen LogP contribution in [0.2, 0.25) is 0 Å².